The zero-order valence-electron chi connectivity index (χ0n) is 14.3. The average molecular weight is 336 g/mol. The zero-order valence-corrected chi connectivity index (χ0v) is 14.3. The van der Waals surface area contributed by atoms with Crippen molar-refractivity contribution in [2.24, 2.45) is 0 Å². The lowest BCUT2D eigenvalue weighted by Crippen LogP contribution is -2.45. The minimum atomic E-state index is -1.49. The van der Waals surface area contributed by atoms with Crippen molar-refractivity contribution in [2.75, 3.05) is 13.2 Å². The van der Waals surface area contributed by atoms with E-state index in [0.717, 1.165) is 18.4 Å². The Morgan fingerprint density at radius 1 is 1.33 bits per heavy atom. The van der Waals surface area contributed by atoms with Gasteiger partial charge in [0.15, 0.2) is 5.67 Å². The zero-order chi connectivity index (χ0) is 17.4. The molecule has 5 heteroatoms. The van der Waals surface area contributed by atoms with Crippen molar-refractivity contribution >= 4 is 5.97 Å². The Bertz CT molecular complexity index is 545. The molecule has 0 bridgehead atoms. The Hall–Kier alpha value is -1.72. The molecule has 0 aliphatic carbocycles. The molecule has 4 nitrogen and oxygen atoms in total. The van der Waals surface area contributed by atoms with Crippen LogP contribution in [0.3, 0.4) is 0 Å². The van der Waals surface area contributed by atoms with E-state index in [1.807, 2.05) is 32.1 Å². The van der Waals surface area contributed by atoms with Crippen LogP contribution in [0.15, 0.2) is 36.4 Å². The summed E-state index contributed by atoms with van der Waals surface area (Å²) in [6.07, 6.45) is 7.07. The Morgan fingerprint density at radius 3 is 2.58 bits per heavy atom. The van der Waals surface area contributed by atoms with Crippen molar-refractivity contribution < 1.29 is 23.4 Å². The molecule has 0 unspecified atom stereocenters. The van der Waals surface area contributed by atoms with Gasteiger partial charge in [0.25, 0.3) is 0 Å². The number of hydrogen-bond acceptors (Lipinski definition) is 4. The van der Waals surface area contributed by atoms with Gasteiger partial charge in [-0.1, -0.05) is 37.6 Å². The number of ether oxygens (including phenoxy) is 3. The highest BCUT2D eigenvalue weighted by Crippen LogP contribution is 2.25. The number of halogens is 1. The van der Waals surface area contributed by atoms with Crippen molar-refractivity contribution in [1.29, 1.82) is 0 Å². The van der Waals surface area contributed by atoms with Crippen LogP contribution in [0.4, 0.5) is 4.39 Å². The van der Waals surface area contributed by atoms with Gasteiger partial charge in [0.1, 0.15) is 0 Å². The van der Waals surface area contributed by atoms with Gasteiger partial charge in [-0.25, -0.2) is 9.18 Å². The first kappa shape index (κ1) is 18.6. The van der Waals surface area contributed by atoms with Crippen LogP contribution in [0.1, 0.15) is 49.0 Å². The van der Waals surface area contributed by atoms with Crippen LogP contribution in [-0.2, 0) is 20.6 Å². The molecular formula is C19H25FO4. The van der Waals surface area contributed by atoms with Gasteiger partial charge in [-0.15, -0.1) is 0 Å². The summed E-state index contributed by atoms with van der Waals surface area (Å²) in [5.74, 6) is -0.540. The topological polar surface area (TPSA) is 44.8 Å². The fourth-order valence-corrected chi connectivity index (χ4v) is 2.56. The Labute approximate surface area is 142 Å². The fraction of sp³-hybridized carbons (Fsp3) is 0.526. The summed E-state index contributed by atoms with van der Waals surface area (Å²) in [5.41, 5.74) is 0.0749. The molecule has 132 valence electrons. The highest BCUT2D eigenvalue weighted by atomic mass is 19.1. The van der Waals surface area contributed by atoms with E-state index >= 15 is 0 Å². The van der Waals surface area contributed by atoms with E-state index < -0.39 is 18.1 Å². The fourth-order valence-electron chi connectivity index (χ4n) is 2.56. The Morgan fingerprint density at radius 2 is 2.00 bits per heavy atom. The molecule has 0 N–H and O–H groups in total. The summed E-state index contributed by atoms with van der Waals surface area (Å²) in [5, 5.41) is 0. The van der Waals surface area contributed by atoms with Crippen LogP contribution >= 0.6 is 0 Å². The lowest BCUT2D eigenvalue weighted by molar-refractivity contribution is -0.318. The van der Waals surface area contributed by atoms with Gasteiger partial charge in [0.2, 0.25) is 0 Å². The largest absolute Gasteiger partial charge is 0.407 e. The number of esters is 1. The number of benzene rings is 1. The lowest BCUT2D eigenvalue weighted by atomic mass is 10.0. The standard InChI is InChI=1S/C19H25FO4/c1-3-5-6-7-15-8-10-16(11-9-15)17(21)24-18-22-13-19(20,12-4-2)14-23-18/h3,5,8-11,18H,4,6-7,12-14H2,1-2H3. The third-order valence-corrected chi connectivity index (χ3v) is 3.88. The maximum Gasteiger partial charge on any atom is 0.342 e. The minimum absolute atomic E-state index is 0.122. The molecule has 0 spiro atoms. The molecule has 1 heterocycles. The van der Waals surface area contributed by atoms with E-state index in [2.05, 4.69) is 6.08 Å². The van der Waals surface area contributed by atoms with Gasteiger partial charge in [-0.2, -0.15) is 0 Å². The summed E-state index contributed by atoms with van der Waals surface area (Å²) >= 11 is 0. The van der Waals surface area contributed by atoms with Gasteiger partial charge in [0.05, 0.1) is 18.8 Å². The number of hydrogen-bond donors (Lipinski definition) is 0. The number of aryl methyl sites for hydroxylation is 1. The molecule has 0 aromatic heterocycles. The van der Waals surface area contributed by atoms with Crippen molar-refractivity contribution in [2.45, 2.75) is 51.7 Å². The van der Waals surface area contributed by atoms with Gasteiger partial charge in [-0.05, 0) is 43.9 Å². The highest BCUT2D eigenvalue weighted by molar-refractivity contribution is 5.89. The number of carbonyl (C=O) groups excluding carboxylic acids is 1. The molecule has 1 fully saturated rings. The van der Waals surface area contributed by atoms with E-state index in [4.69, 9.17) is 14.2 Å². The van der Waals surface area contributed by atoms with Crippen LogP contribution < -0.4 is 0 Å². The van der Waals surface area contributed by atoms with E-state index in [0.29, 0.717) is 18.4 Å². The molecule has 1 aliphatic heterocycles. The average Bonchev–Trinajstić information content (AvgIpc) is 2.58. The molecule has 1 aliphatic rings. The Balaban J connectivity index is 1.82. The number of rotatable bonds is 7. The second-order valence-electron chi connectivity index (χ2n) is 6.02. The molecule has 24 heavy (non-hydrogen) atoms. The quantitative estimate of drug-likeness (QED) is 0.553. The summed E-state index contributed by atoms with van der Waals surface area (Å²) < 4.78 is 29.7. The van der Waals surface area contributed by atoms with Crippen LogP contribution in [0, 0.1) is 0 Å². The van der Waals surface area contributed by atoms with E-state index in [-0.39, 0.29) is 13.2 Å². The van der Waals surface area contributed by atoms with Crippen LogP contribution in [0.2, 0.25) is 0 Å². The number of alkyl halides is 1. The van der Waals surface area contributed by atoms with Crippen LogP contribution in [0.25, 0.3) is 0 Å². The highest BCUT2D eigenvalue weighted by Gasteiger charge is 2.37. The smallest absolute Gasteiger partial charge is 0.342 e. The summed E-state index contributed by atoms with van der Waals surface area (Å²) in [6.45, 7) is 2.50. The normalized spacial score (nSPS) is 24.2. The summed E-state index contributed by atoms with van der Waals surface area (Å²) in [4.78, 5) is 12.1. The van der Waals surface area contributed by atoms with E-state index in [1.165, 1.54) is 0 Å². The van der Waals surface area contributed by atoms with Crippen LogP contribution in [0.5, 0.6) is 0 Å². The maximum atomic E-state index is 14.2. The minimum Gasteiger partial charge on any atom is -0.407 e. The molecule has 0 atom stereocenters. The first-order valence-corrected chi connectivity index (χ1v) is 8.39. The van der Waals surface area contributed by atoms with E-state index in [9.17, 15) is 9.18 Å². The second-order valence-corrected chi connectivity index (χ2v) is 6.02. The SMILES string of the molecule is CC=CCCc1ccc(C(=O)OC2OCC(F)(CCC)CO2)cc1. The maximum absolute atomic E-state index is 14.2. The van der Waals surface area contributed by atoms with Crippen LogP contribution in [-0.4, -0.2) is 31.3 Å². The first-order chi connectivity index (χ1) is 11.6. The molecule has 2 rings (SSSR count). The lowest BCUT2D eigenvalue weighted by Gasteiger charge is -2.33. The molecule has 1 aromatic carbocycles. The third-order valence-electron chi connectivity index (χ3n) is 3.88. The molecule has 1 aromatic rings. The van der Waals surface area contributed by atoms with Crippen molar-refractivity contribution in [3.05, 3.63) is 47.5 Å². The third kappa shape index (κ3) is 5.42. The molecule has 1 saturated heterocycles. The number of carbonyl (C=O) groups is 1. The predicted molar refractivity (Wildman–Crippen MR) is 89.4 cm³/mol. The Kier molecular flexibility index (Phi) is 6.94. The van der Waals surface area contributed by atoms with Gasteiger partial charge in [0, 0.05) is 0 Å². The molecular weight excluding hydrogens is 311 g/mol. The van der Waals surface area contributed by atoms with Gasteiger partial charge < -0.3 is 14.2 Å². The summed E-state index contributed by atoms with van der Waals surface area (Å²) in [6, 6.07) is 7.23. The number of allylic oxidation sites excluding steroid dienone is 2. The first-order valence-electron chi connectivity index (χ1n) is 8.39. The molecule has 0 saturated carbocycles. The second kappa shape index (κ2) is 8.94. The summed E-state index contributed by atoms with van der Waals surface area (Å²) in [7, 11) is 0. The molecule has 0 radical (unpaired) electrons. The van der Waals surface area contributed by atoms with Crippen molar-refractivity contribution in [3.8, 4) is 0 Å². The monoisotopic (exact) mass is 336 g/mol. The van der Waals surface area contributed by atoms with Crippen molar-refractivity contribution in [3.63, 3.8) is 0 Å². The van der Waals surface area contributed by atoms with E-state index in [1.54, 1.807) is 12.1 Å². The van der Waals surface area contributed by atoms with Gasteiger partial charge in [-0.3, -0.25) is 0 Å². The molecule has 0 amide bonds. The predicted octanol–water partition coefficient (Wildman–Crippen LogP) is 4.19. The van der Waals surface area contributed by atoms with Crippen molar-refractivity contribution in [1.82, 2.24) is 0 Å². The van der Waals surface area contributed by atoms with Gasteiger partial charge >= 0.3 is 12.4 Å².